The van der Waals surface area contributed by atoms with Gasteiger partial charge in [0, 0.05) is 12.1 Å². The molecule has 0 spiro atoms. The van der Waals surface area contributed by atoms with Crippen LogP contribution in [0.1, 0.15) is 22.0 Å². The van der Waals surface area contributed by atoms with Crippen molar-refractivity contribution in [3.8, 4) is 5.75 Å². The van der Waals surface area contributed by atoms with Crippen LogP contribution in [0.3, 0.4) is 0 Å². The van der Waals surface area contributed by atoms with Crippen LogP contribution in [0.2, 0.25) is 5.02 Å². The number of sulfonamides is 1. The van der Waals surface area contributed by atoms with Gasteiger partial charge in [0.2, 0.25) is 10.0 Å². The molecule has 2 rings (SSSR count). The van der Waals surface area contributed by atoms with Gasteiger partial charge in [-0.25, -0.2) is 8.42 Å². The fourth-order valence-electron chi connectivity index (χ4n) is 2.25. The van der Waals surface area contributed by atoms with E-state index in [0.717, 1.165) is 18.4 Å². The lowest BCUT2D eigenvalue weighted by molar-refractivity contribution is -0.274. The summed E-state index contributed by atoms with van der Waals surface area (Å²) in [6.45, 7) is -0.240. The molecule has 0 heterocycles. The summed E-state index contributed by atoms with van der Waals surface area (Å²) in [4.78, 5) is 12.2. The molecule has 0 radical (unpaired) electrons. The topological polar surface area (TPSA) is 105 Å². The van der Waals surface area contributed by atoms with Crippen molar-refractivity contribution in [1.29, 1.82) is 0 Å². The highest BCUT2D eigenvalue weighted by Crippen LogP contribution is 2.25. The first-order valence-corrected chi connectivity index (χ1v) is 10.2. The summed E-state index contributed by atoms with van der Waals surface area (Å²) < 4.78 is 65.0. The standard InChI is InChI=1S/C17H16ClF3N2O5S/c1-29(26,27)23-14-8-11(4-7-13(14)18)16(25)22-9-15(24)10-2-5-12(6-3-10)28-17(19,20)21/h2-8,15,23-24H,9H2,1H3,(H,22,25). The van der Waals surface area contributed by atoms with E-state index in [0.29, 0.717) is 0 Å². The van der Waals surface area contributed by atoms with Gasteiger partial charge in [0.15, 0.2) is 0 Å². The Bertz CT molecular complexity index is 982. The molecule has 29 heavy (non-hydrogen) atoms. The maximum absolute atomic E-state index is 12.2. The molecule has 1 unspecified atom stereocenters. The second-order valence-corrected chi connectivity index (χ2v) is 8.07. The van der Waals surface area contributed by atoms with E-state index < -0.39 is 34.1 Å². The summed E-state index contributed by atoms with van der Waals surface area (Å²) in [5.41, 5.74) is 0.361. The zero-order valence-electron chi connectivity index (χ0n) is 14.8. The summed E-state index contributed by atoms with van der Waals surface area (Å²) >= 11 is 5.89. The lowest BCUT2D eigenvalue weighted by Crippen LogP contribution is -2.28. The maximum atomic E-state index is 12.2. The molecular formula is C17H16ClF3N2O5S. The Labute approximate surface area is 169 Å². The van der Waals surface area contributed by atoms with E-state index in [4.69, 9.17) is 11.6 Å². The number of benzene rings is 2. The number of hydrogen-bond acceptors (Lipinski definition) is 5. The molecule has 0 fully saturated rings. The number of amides is 1. The average molecular weight is 453 g/mol. The Morgan fingerprint density at radius 3 is 2.38 bits per heavy atom. The van der Waals surface area contributed by atoms with Crippen LogP contribution in [-0.2, 0) is 10.0 Å². The van der Waals surface area contributed by atoms with Gasteiger partial charge < -0.3 is 15.2 Å². The van der Waals surface area contributed by atoms with Crippen LogP contribution < -0.4 is 14.8 Å². The fraction of sp³-hybridized carbons (Fsp3) is 0.235. The van der Waals surface area contributed by atoms with Gasteiger partial charge in [-0.1, -0.05) is 23.7 Å². The third-order valence-electron chi connectivity index (χ3n) is 3.48. The van der Waals surface area contributed by atoms with Gasteiger partial charge in [0.1, 0.15) is 5.75 Å². The molecule has 0 saturated heterocycles. The number of alkyl halides is 3. The summed E-state index contributed by atoms with van der Waals surface area (Å²) in [7, 11) is -3.61. The minimum atomic E-state index is -4.82. The number of hydrogen-bond donors (Lipinski definition) is 3. The molecule has 2 aromatic carbocycles. The first-order chi connectivity index (χ1) is 13.3. The number of carbonyl (C=O) groups is 1. The van der Waals surface area contributed by atoms with Crippen LogP contribution in [0.15, 0.2) is 42.5 Å². The van der Waals surface area contributed by atoms with E-state index in [2.05, 4.69) is 14.8 Å². The highest BCUT2D eigenvalue weighted by atomic mass is 35.5. The first-order valence-electron chi connectivity index (χ1n) is 7.93. The van der Waals surface area contributed by atoms with E-state index in [-0.39, 0.29) is 28.4 Å². The van der Waals surface area contributed by atoms with E-state index in [9.17, 15) is 31.5 Å². The van der Waals surface area contributed by atoms with Crippen LogP contribution in [0.25, 0.3) is 0 Å². The second kappa shape index (κ2) is 8.89. The van der Waals surface area contributed by atoms with E-state index >= 15 is 0 Å². The number of rotatable bonds is 7. The highest BCUT2D eigenvalue weighted by Gasteiger charge is 2.31. The number of aliphatic hydroxyl groups excluding tert-OH is 1. The Hall–Kier alpha value is -2.50. The van der Waals surface area contributed by atoms with Gasteiger partial charge in [-0.3, -0.25) is 9.52 Å². The quantitative estimate of drug-likeness (QED) is 0.599. The molecule has 0 aliphatic heterocycles. The fourth-order valence-corrected chi connectivity index (χ4v) is 3.03. The lowest BCUT2D eigenvalue weighted by Gasteiger charge is -2.14. The molecule has 0 saturated carbocycles. The largest absolute Gasteiger partial charge is 0.573 e. The molecule has 12 heteroatoms. The number of aliphatic hydroxyl groups is 1. The van der Waals surface area contributed by atoms with Crippen molar-refractivity contribution in [2.24, 2.45) is 0 Å². The Balaban J connectivity index is 2.00. The minimum absolute atomic E-state index is 0.0163. The third kappa shape index (κ3) is 7.44. The molecule has 2 aromatic rings. The molecule has 0 aromatic heterocycles. The van der Waals surface area contributed by atoms with Crippen molar-refractivity contribution in [3.63, 3.8) is 0 Å². The number of nitrogens with one attached hydrogen (secondary N) is 2. The molecule has 3 N–H and O–H groups in total. The smallest absolute Gasteiger partial charge is 0.406 e. The van der Waals surface area contributed by atoms with Gasteiger partial charge >= 0.3 is 6.36 Å². The monoisotopic (exact) mass is 452 g/mol. The van der Waals surface area contributed by atoms with Gasteiger partial charge in [-0.2, -0.15) is 0 Å². The van der Waals surface area contributed by atoms with Crippen molar-refractivity contribution < 1.29 is 36.2 Å². The van der Waals surface area contributed by atoms with Crippen LogP contribution in [0.5, 0.6) is 5.75 Å². The minimum Gasteiger partial charge on any atom is -0.406 e. The number of ether oxygens (including phenoxy) is 1. The summed E-state index contributed by atoms with van der Waals surface area (Å²) in [5.74, 6) is -1.06. The molecule has 158 valence electrons. The van der Waals surface area contributed by atoms with Crippen LogP contribution >= 0.6 is 11.6 Å². The van der Waals surface area contributed by atoms with Crippen LogP contribution in [-0.4, -0.2) is 38.6 Å². The van der Waals surface area contributed by atoms with Gasteiger partial charge in [0.05, 0.1) is 23.1 Å². The number of halogens is 4. The molecular weight excluding hydrogens is 437 g/mol. The van der Waals surface area contributed by atoms with Crippen molar-refractivity contribution >= 4 is 33.2 Å². The third-order valence-corrected chi connectivity index (χ3v) is 4.40. The lowest BCUT2D eigenvalue weighted by atomic mass is 10.1. The molecule has 0 aliphatic carbocycles. The van der Waals surface area contributed by atoms with Crippen LogP contribution in [0.4, 0.5) is 18.9 Å². The zero-order chi connectivity index (χ0) is 21.8. The molecule has 0 aliphatic rings. The Morgan fingerprint density at radius 2 is 1.83 bits per heavy atom. The van der Waals surface area contributed by atoms with Gasteiger partial charge in [-0.05, 0) is 35.9 Å². The van der Waals surface area contributed by atoms with Crippen molar-refractivity contribution in [3.05, 3.63) is 58.6 Å². The normalized spacial score (nSPS) is 12.9. The first kappa shape index (κ1) is 22.8. The van der Waals surface area contributed by atoms with Crippen molar-refractivity contribution in [1.82, 2.24) is 5.32 Å². The number of anilines is 1. The second-order valence-electron chi connectivity index (χ2n) is 5.91. The van der Waals surface area contributed by atoms with E-state index in [1.807, 2.05) is 0 Å². The van der Waals surface area contributed by atoms with Crippen molar-refractivity contribution in [2.75, 3.05) is 17.5 Å². The summed E-state index contributed by atoms with van der Waals surface area (Å²) in [6.07, 6.45) is -5.09. The maximum Gasteiger partial charge on any atom is 0.573 e. The zero-order valence-corrected chi connectivity index (χ0v) is 16.4. The SMILES string of the molecule is CS(=O)(=O)Nc1cc(C(=O)NCC(O)c2ccc(OC(F)(F)F)cc2)ccc1Cl. The Morgan fingerprint density at radius 1 is 1.21 bits per heavy atom. The van der Waals surface area contributed by atoms with Crippen LogP contribution in [0, 0.1) is 0 Å². The summed E-state index contributed by atoms with van der Waals surface area (Å²) in [6, 6.07) is 8.46. The average Bonchev–Trinajstić information content (AvgIpc) is 2.59. The molecule has 0 bridgehead atoms. The number of carbonyl (C=O) groups excluding carboxylic acids is 1. The van der Waals surface area contributed by atoms with Gasteiger partial charge in [0.25, 0.3) is 5.91 Å². The van der Waals surface area contributed by atoms with E-state index in [1.54, 1.807) is 0 Å². The van der Waals surface area contributed by atoms with E-state index in [1.165, 1.54) is 30.3 Å². The highest BCUT2D eigenvalue weighted by molar-refractivity contribution is 7.92. The molecule has 7 nitrogen and oxygen atoms in total. The van der Waals surface area contributed by atoms with Crippen molar-refractivity contribution in [2.45, 2.75) is 12.5 Å². The Kier molecular flexibility index (Phi) is 6.98. The molecule has 1 atom stereocenters. The summed E-state index contributed by atoms with van der Waals surface area (Å²) in [5, 5.41) is 12.6. The van der Waals surface area contributed by atoms with Gasteiger partial charge in [-0.15, -0.1) is 13.2 Å². The predicted octanol–water partition coefficient (Wildman–Crippen LogP) is 3.07. The molecule has 1 amide bonds. The predicted molar refractivity (Wildman–Crippen MR) is 100 cm³/mol.